The summed E-state index contributed by atoms with van der Waals surface area (Å²) in [6.45, 7) is 14.0. The molecule has 202 valence electrons. The Morgan fingerprint density at radius 3 is 2.59 bits per heavy atom. The summed E-state index contributed by atoms with van der Waals surface area (Å²) in [5.41, 5.74) is 6.27. The van der Waals surface area contributed by atoms with Crippen LogP contribution >= 0.6 is 11.3 Å². The van der Waals surface area contributed by atoms with Gasteiger partial charge in [-0.1, -0.05) is 72.3 Å². The first-order valence-electron chi connectivity index (χ1n) is 13.7. The fraction of sp³-hybridized carbons (Fsp3) is 0.515. The Morgan fingerprint density at radius 2 is 1.84 bits per heavy atom. The zero-order valence-corrected chi connectivity index (χ0v) is 24.9. The van der Waals surface area contributed by atoms with Gasteiger partial charge in [0.05, 0.1) is 10.7 Å². The lowest BCUT2D eigenvalue weighted by Gasteiger charge is -2.13. The minimum Gasteiger partial charge on any atom is -0.306 e. The molecule has 2 heterocycles. The van der Waals surface area contributed by atoms with E-state index >= 15 is 0 Å². The highest BCUT2D eigenvalue weighted by atomic mass is 32.1. The number of nitrogens with zero attached hydrogens (tertiary/aromatic N) is 2. The summed E-state index contributed by atoms with van der Waals surface area (Å²) in [4.78, 5) is 20.0. The lowest BCUT2D eigenvalue weighted by Crippen LogP contribution is -2.10. The van der Waals surface area contributed by atoms with Crippen LogP contribution in [0, 0.1) is 11.8 Å². The van der Waals surface area contributed by atoms with Crippen molar-refractivity contribution < 1.29 is 4.79 Å². The molecule has 2 bridgehead atoms. The molecule has 0 N–H and O–H groups in total. The average molecular weight is 521 g/mol. The van der Waals surface area contributed by atoms with E-state index in [4.69, 9.17) is 4.98 Å². The molecule has 1 aromatic rings. The molecule has 4 heteroatoms. The Balaban J connectivity index is 2.21. The number of carbonyl (C=O) groups is 1. The van der Waals surface area contributed by atoms with Crippen molar-refractivity contribution in [1.82, 2.24) is 9.88 Å². The van der Waals surface area contributed by atoms with E-state index in [0.717, 1.165) is 50.1 Å². The van der Waals surface area contributed by atoms with Crippen LogP contribution in [-0.4, -0.2) is 36.3 Å². The van der Waals surface area contributed by atoms with Crippen molar-refractivity contribution in [2.24, 2.45) is 11.8 Å². The Kier molecular flexibility index (Phi) is 13.8. The fourth-order valence-electron chi connectivity index (χ4n) is 4.67. The predicted octanol–water partition coefficient (Wildman–Crippen LogP) is 8.47. The van der Waals surface area contributed by atoms with Crippen LogP contribution in [0.4, 0.5) is 0 Å². The number of likely N-dealkylation sites (N-methyl/N-ethyl adjacent to an activating group) is 1. The molecule has 1 aliphatic heterocycles. The Labute approximate surface area is 230 Å². The van der Waals surface area contributed by atoms with E-state index in [1.54, 1.807) is 17.4 Å². The third kappa shape index (κ3) is 13.7. The molecule has 2 unspecified atom stereocenters. The van der Waals surface area contributed by atoms with Crippen molar-refractivity contribution in [2.45, 2.75) is 79.1 Å². The number of carbonyl (C=O) groups excluding carboxylic acids is 1. The van der Waals surface area contributed by atoms with Gasteiger partial charge in [0.25, 0.3) is 0 Å². The molecule has 0 saturated carbocycles. The van der Waals surface area contributed by atoms with Crippen molar-refractivity contribution >= 4 is 17.1 Å². The van der Waals surface area contributed by atoms with Gasteiger partial charge in [0.1, 0.15) is 0 Å². The van der Waals surface area contributed by atoms with Gasteiger partial charge in [0.15, 0.2) is 5.78 Å². The molecule has 1 aromatic heterocycles. The van der Waals surface area contributed by atoms with Crippen LogP contribution < -0.4 is 0 Å². The maximum atomic E-state index is 12.9. The van der Waals surface area contributed by atoms with Gasteiger partial charge >= 0.3 is 0 Å². The zero-order valence-electron chi connectivity index (χ0n) is 24.1. The highest BCUT2D eigenvalue weighted by molar-refractivity contribution is 7.09. The van der Waals surface area contributed by atoms with Crippen molar-refractivity contribution in [3.05, 3.63) is 87.5 Å². The van der Waals surface area contributed by atoms with Crippen LogP contribution in [-0.2, 0) is 17.6 Å². The maximum absolute atomic E-state index is 12.9. The molecule has 1 aliphatic rings. The van der Waals surface area contributed by atoms with Crippen LogP contribution in [0.2, 0.25) is 0 Å². The van der Waals surface area contributed by atoms with Crippen LogP contribution in [0.25, 0.3) is 0 Å². The molecule has 0 aromatic carbocycles. The molecule has 0 amide bonds. The number of thiazole rings is 1. The average Bonchev–Trinajstić information content (AvgIpc) is 3.25. The molecular formula is C33H48N2OS. The van der Waals surface area contributed by atoms with E-state index in [0.29, 0.717) is 12.3 Å². The first-order valence-corrected chi connectivity index (χ1v) is 14.6. The van der Waals surface area contributed by atoms with E-state index in [-0.39, 0.29) is 11.7 Å². The summed E-state index contributed by atoms with van der Waals surface area (Å²) in [7, 11) is 4.15. The Hall–Kier alpha value is -2.30. The van der Waals surface area contributed by atoms with Crippen LogP contribution in [0.5, 0.6) is 0 Å². The van der Waals surface area contributed by atoms with Gasteiger partial charge in [-0.2, -0.15) is 0 Å². The van der Waals surface area contributed by atoms with Gasteiger partial charge in [-0.25, -0.2) is 4.98 Å². The largest absolute Gasteiger partial charge is 0.306 e. The second-order valence-electron chi connectivity index (χ2n) is 11.2. The lowest BCUT2D eigenvalue weighted by molar-refractivity contribution is -0.115. The van der Waals surface area contributed by atoms with Crippen LogP contribution in [0.3, 0.4) is 0 Å². The molecule has 3 nitrogen and oxygen atoms in total. The monoisotopic (exact) mass is 520 g/mol. The normalized spacial score (nSPS) is 24.5. The zero-order chi connectivity index (χ0) is 27.2. The van der Waals surface area contributed by atoms with E-state index in [9.17, 15) is 4.79 Å². The molecule has 2 rings (SSSR count). The second kappa shape index (κ2) is 16.5. The lowest BCUT2D eigenvalue weighted by atomic mass is 9.92. The van der Waals surface area contributed by atoms with Crippen molar-refractivity contribution in [2.75, 3.05) is 20.6 Å². The predicted molar refractivity (Wildman–Crippen MR) is 162 cm³/mol. The van der Waals surface area contributed by atoms with Gasteiger partial charge in [0.2, 0.25) is 0 Å². The fourth-order valence-corrected chi connectivity index (χ4v) is 5.59. The van der Waals surface area contributed by atoms with Crippen molar-refractivity contribution in [3.63, 3.8) is 0 Å². The number of rotatable bonds is 5. The van der Waals surface area contributed by atoms with Gasteiger partial charge < -0.3 is 4.90 Å². The minimum atomic E-state index is 0.127. The SMILES string of the molecule is C=C1CCCCc2csc(n2)CC(/C=C(C)/C=C/C(C)=C/CN(C)C)CC(=O)/C=C\C=C(/C)CC(C)C1. The van der Waals surface area contributed by atoms with Crippen molar-refractivity contribution in [3.8, 4) is 0 Å². The number of fused-ring (bicyclic) bond motifs is 2. The van der Waals surface area contributed by atoms with Gasteiger partial charge in [-0.15, -0.1) is 11.3 Å². The van der Waals surface area contributed by atoms with E-state index in [1.165, 1.54) is 34.4 Å². The quantitative estimate of drug-likeness (QED) is 0.288. The molecule has 0 radical (unpaired) electrons. The second-order valence-corrected chi connectivity index (χ2v) is 12.1. The van der Waals surface area contributed by atoms with Crippen LogP contribution in [0.15, 0.2) is 76.8 Å². The molecule has 0 fully saturated rings. The summed E-state index contributed by atoms with van der Waals surface area (Å²) >= 11 is 1.73. The summed E-state index contributed by atoms with van der Waals surface area (Å²) in [5.74, 6) is 0.866. The topological polar surface area (TPSA) is 33.2 Å². The molecule has 0 saturated heterocycles. The van der Waals surface area contributed by atoms with Crippen molar-refractivity contribution in [1.29, 1.82) is 0 Å². The van der Waals surface area contributed by atoms with Gasteiger partial charge in [0, 0.05) is 24.8 Å². The van der Waals surface area contributed by atoms with E-state index in [1.807, 2.05) is 6.08 Å². The first-order chi connectivity index (χ1) is 17.6. The number of hydrogen-bond acceptors (Lipinski definition) is 4. The summed E-state index contributed by atoms with van der Waals surface area (Å²) in [5, 5.41) is 3.32. The third-order valence-electron chi connectivity index (χ3n) is 6.57. The molecule has 2 atom stereocenters. The molecule has 37 heavy (non-hydrogen) atoms. The molecule has 0 aliphatic carbocycles. The summed E-state index contributed by atoms with van der Waals surface area (Å²) < 4.78 is 0. The first kappa shape index (κ1) is 30.9. The minimum absolute atomic E-state index is 0.127. The Morgan fingerprint density at radius 1 is 1.11 bits per heavy atom. The van der Waals surface area contributed by atoms with Gasteiger partial charge in [-0.05, 0) is 91.3 Å². The number of ketones is 1. The molecular weight excluding hydrogens is 472 g/mol. The summed E-state index contributed by atoms with van der Waals surface area (Å²) in [6, 6.07) is 0. The van der Waals surface area contributed by atoms with E-state index in [2.05, 4.69) is 89.0 Å². The van der Waals surface area contributed by atoms with Crippen LogP contribution in [0.1, 0.15) is 76.9 Å². The van der Waals surface area contributed by atoms with E-state index < -0.39 is 0 Å². The van der Waals surface area contributed by atoms with Gasteiger partial charge in [-0.3, -0.25) is 4.79 Å². The highest BCUT2D eigenvalue weighted by Gasteiger charge is 2.14. The third-order valence-corrected chi connectivity index (χ3v) is 7.49. The number of allylic oxidation sites excluding steroid dienone is 10. The number of aryl methyl sites for hydroxylation is 1. The summed E-state index contributed by atoms with van der Waals surface area (Å²) in [6.07, 6.45) is 22.4. The highest BCUT2D eigenvalue weighted by Crippen LogP contribution is 2.24. The number of aromatic nitrogens is 1. The maximum Gasteiger partial charge on any atom is 0.156 e. The number of hydrogen-bond donors (Lipinski definition) is 0. The standard InChI is InChI=1S/C33H48N2OS/c1-25(17-18-35(6)7)15-16-28(4)21-30-22-32(36)14-10-12-27(3)20-29(5)19-26(2)11-8-9-13-31-24-37-33(23-30)34-31/h10,12,14-17,21,24,29-30H,2,8-9,11,13,18-20,22-23H2,1,3-7H3/b14-10-,16-15+,25-17+,27-12+,28-21+. The smallest absolute Gasteiger partial charge is 0.156 e. The Bertz CT molecular complexity index is 1030. The molecule has 0 spiro atoms.